The smallest absolute Gasteiger partial charge is 0.299 e. The molecule has 1 N–H and O–H groups in total. The number of nitrogens with zero attached hydrogens (tertiary/aromatic N) is 3. The number of hydrogen-bond donors (Lipinski definition) is 1. The monoisotopic (exact) mass is 444 g/mol. The maximum Gasteiger partial charge on any atom is 0.299 e. The molecule has 158 valence electrons. The zero-order chi connectivity index (χ0) is 21.9. The number of benzene rings is 3. The summed E-state index contributed by atoms with van der Waals surface area (Å²) in [5, 5.41) is 11.3. The van der Waals surface area contributed by atoms with Crippen LogP contribution in [0.15, 0.2) is 78.2 Å². The lowest BCUT2D eigenvalue weighted by Crippen LogP contribution is -2.02. The van der Waals surface area contributed by atoms with Crippen LogP contribution in [0.4, 0.5) is 10.1 Å². The molecular weight excluding hydrogens is 427 g/mol. The number of thiazole rings is 1. The number of halogens is 1. The van der Waals surface area contributed by atoms with Gasteiger partial charge in [-0.25, -0.2) is 9.07 Å². The van der Waals surface area contributed by atoms with Crippen LogP contribution in [0.2, 0.25) is 0 Å². The summed E-state index contributed by atoms with van der Waals surface area (Å²) in [6.07, 6.45) is 0. The predicted octanol–water partition coefficient (Wildman–Crippen LogP) is 5.44. The molecular formula is C24H17FN4O2S. The van der Waals surface area contributed by atoms with E-state index in [-0.39, 0.29) is 11.7 Å². The van der Waals surface area contributed by atoms with Gasteiger partial charge in [-0.2, -0.15) is 10.1 Å². The molecule has 0 fully saturated rings. The number of carbonyl (C=O) groups excluding carboxylic acids is 1. The summed E-state index contributed by atoms with van der Waals surface area (Å²) < 4.78 is 20.6. The number of fused-ring (bicyclic) bond motifs is 1. The molecule has 5 rings (SSSR count). The van der Waals surface area contributed by atoms with Gasteiger partial charge in [0.05, 0.1) is 10.9 Å². The molecule has 0 atom stereocenters. The van der Waals surface area contributed by atoms with Crippen LogP contribution in [-0.4, -0.2) is 21.2 Å². The molecule has 0 aliphatic heterocycles. The molecule has 5 aromatic rings. The molecule has 0 saturated carbocycles. The third-order valence-electron chi connectivity index (χ3n) is 4.99. The topological polar surface area (TPSA) is 69.0 Å². The van der Waals surface area contributed by atoms with Gasteiger partial charge in [0.1, 0.15) is 11.5 Å². The Balaban J connectivity index is 1.57. The lowest BCUT2D eigenvalue weighted by atomic mass is 10.1. The van der Waals surface area contributed by atoms with E-state index < -0.39 is 0 Å². The van der Waals surface area contributed by atoms with Gasteiger partial charge < -0.3 is 10.1 Å². The van der Waals surface area contributed by atoms with Gasteiger partial charge in [0.25, 0.3) is 6.47 Å². The molecule has 0 aliphatic carbocycles. The molecule has 6 nitrogen and oxygen atoms in total. The number of hydrogen-bond acceptors (Lipinski definition) is 6. The zero-order valence-corrected chi connectivity index (χ0v) is 17.6. The first-order valence-electron chi connectivity index (χ1n) is 9.84. The summed E-state index contributed by atoms with van der Waals surface area (Å²) in [5.41, 5.74) is 4.03. The van der Waals surface area contributed by atoms with Crippen molar-refractivity contribution in [2.24, 2.45) is 0 Å². The quantitative estimate of drug-likeness (QED) is 0.339. The predicted molar refractivity (Wildman–Crippen MR) is 123 cm³/mol. The maximum atomic E-state index is 14.0. The minimum atomic E-state index is -0.247. The fourth-order valence-corrected chi connectivity index (χ4v) is 4.17. The second-order valence-corrected chi connectivity index (χ2v) is 7.82. The second kappa shape index (κ2) is 8.60. The van der Waals surface area contributed by atoms with Gasteiger partial charge in [-0.05, 0) is 24.3 Å². The van der Waals surface area contributed by atoms with E-state index in [0.717, 1.165) is 27.8 Å². The van der Waals surface area contributed by atoms with Gasteiger partial charge in [-0.1, -0.05) is 59.9 Å². The Morgan fingerprint density at radius 3 is 2.69 bits per heavy atom. The summed E-state index contributed by atoms with van der Waals surface area (Å²) in [7, 11) is 0. The molecule has 0 amide bonds. The van der Waals surface area contributed by atoms with Crippen LogP contribution >= 0.6 is 11.3 Å². The van der Waals surface area contributed by atoms with E-state index in [1.165, 1.54) is 17.4 Å². The molecule has 0 spiro atoms. The zero-order valence-electron chi connectivity index (χ0n) is 16.7. The first-order valence-corrected chi connectivity index (χ1v) is 10.7. The van der Waals surface area contributed by atoms with E-state index in [9.17, 15) is 9.18 Å². The molecule has 0 unspecified atom stereocenters. The molecule has 0 aliphatic rings. The molecule has 0 saturated heterocycles. The van der Waals surface area contributed by atoms with E-state index in [0.29, 0.717) is 23.7 Å². The molecule has 0 radical (unpaired) electrons. The second-order valence-electron chi connectivity index (χ2n) is 6.99. The van der Waals surface area contributed by atoms with Crippen molar-refractivity contribution in [1.82, 2.24) is 14.8 Å². The van der Waals surface area contributed by atoms with Gasteiger partial charge in [-0.3, -0.25) is 4.79 Å². The van der Waals surface area contributed by atoms with Crippen molar-refractivity contribution < 1.29 is 13.9 Å². The van der Waals surface area contributed by atoms with Crippen molar-refractivity contribution in [2.45, 2.75) is 6.54 Å². The van der Waals surface area contributed by atoms with E-state index in [1.807, 2.05) is 54.6 Å². The Hall–Kier alpha value is -4.04. The fourth-order valence-electron chi connectivity index (χ4n) is 3.47. The Morgan fingerprint density at radius 2 is 1.88 bits per heavy atom. The third-order valence-corrected chi connectivity index (χ3v) is 5.78. The van der Waals surface area contributed by atoms with Crippen molar-refractivity contribution in [2.75, 3.05) is 5.32 Å². The summed E-state index contributed by atoms with van der Waals surface area (Å²) >= 11 is 1.32. The van der Waals surface area contributed by atoms with Crippen LogP contribution in [0.1, 0.15) is 5.56 Å². The summed E-state index contributed by atoms with van der Waals surface area (Å²) in [6.45, 7) is 0.701. The summed E-state index contributed by atoms with van der Waals surface area (Å²) in [4.78, 5) is 15.0. The third kappa shape index (κ3) is 3.83. The van der Waals surface area contributed by atoms with Crippen molar-refractivity contribution in [3.8, 4) is 22.3 Å². The maximum absolute atomic E-state index is 14.0. The lowest BCUT2D eigenvalue weighted by Gasteiger charge is -2.08. The first kappa shape index (κ1) is 19.9. The molecule has 2 aromatic heterocycles. The van der Waals surface area contributed by atoms with Crippen LogP contribution in [0, 0.1) is 5.82 Å². The highest BCUT2D eigenvalue weighted by molar-refractivity contribution is 7.12. The van der Waals surface area contributed by atoms with Crippen LogP contribution in [0.5, 0.6) is 5.88 Å². The summed E-state index contributed by atoms with van der Waals surface area (Å²) in [6, 6.07) is 22.5. The van der Waals surface area contributed by atoms with Crippen molar-refractivity contribution >= 4 is 34.4 Å². The fraction of sp³-hybridized carbons (Fsp3) is 0.0417. The first-order chi connectivity index (χ1) is 15.7. The van der Waals surface area contributed by atoms with Crippen molar-refractivity contribution in [3.63, 3.8) is 0 Å². The van der Waals surface area contributed by atoms with Crippen LogP contribution < -0.4 is 10.1 Å². The highest BCUT2D eigenvalue weighted by Gasteiger charge is 2.17. The average molecular weight is 444 g/mol. The minimum Gasteiger partial charge on any atom is -0.409 e. The number of anilines is 1. The Kier molecular flexibility index (Phi) is 5.35. The SMILES string of the molecule is O=COc1csc(-n2nc(-c3ccccc3)c3ccc(NCc4ccccc4F)cc32)n1. The number of ether oxygens (including phenoxy) is 1. The average Bonchev–Trinajstić information content (AvgIpc) is 3.44. The molecule has 32 heavy (non-hydrogen) atoms. The van der Waals surface area contributed by atoms with Gasteiger partial charge in [0, 0.05) is 28.7 Å². The van der Waals surface area contributed by atoms with E-state index in [4.69, 9.17) is 9.84 Å². The van der Waals surface area contributed by atoms with Gasteiger partial charge in [0.2, 0.25) is 11.0 Å². The van der Waals surface area contributed by atoms with Gasteiger partial charge in [0.15, 0.2) is 0 Å². The minimum absolute atomic E-state index is 0.221. The van der Waals surface area contributed by atoms with E-state index in [1.54, 1.807) is 22.2 Å². The van der Waals surface area contributed by atoms with Crippen LogP contribution in [0.3, 0.4) is 0 Å². The van der Waals surface area contributed by atoms with Gasteiger partial charge in [-0.15, -0.1) is 0 Å². The lowest BCUT2D eigenvalue weighted by molar-refractivity contribution is -0.120. The number of nitrogens with one attached hydrogen (secondary N) is 1. The largest absolute Gasteiger partial charge is 0.409 e. The van der Waals surface area contributed by atoms with Crippen molar-refractivity contribution in [1.29, 1.82) is 0 Å². The highest BCUT2D eigenvalue weighted by Crippen LogP contribution is 2.33. The standard InChI is InChI=1S/C24H17FN4O2S/c25-20-9-5-4-8-17(20)13-26-18-10-11-19-21(12-18)29(24-27-22(14-32-24)31-15-30)28-23(19)16-6-2-1-3-7-16/h1-12,14-15,26H,13H2. The molecule has 8 heteroatoms. The normalized spacial score (nSPS) is 10.9. The Morgan fingerprint density at radius 1 is 1.06 bits per heavy atom. The molecule has 3 aromatic carbocycles. The van der Waals surface area contributed by atoms with Crippen molar-refractivity contribution in [3.05, 3.63) is 89.6 Å². The summed E-state index contributed by atoms with van der Waals surface area (Å²) in [5.74, 6) is -0.0262. The van der Waals surface area contributed by atoms with E-state index >= 15 is 0 Å². The molecule has 0 bridgehead atoms. The van der Waals surface area contributed by atoms with Gasteiger partial charge >= 0.3 is 0 Å². The highest BCUT2D eigenvalue weighted by atomic mass is 32.1. The molecule has 2 heterocycles. The van der Waals surface area contributed by atoms with Crippen LogP contribution in [-0.2, 0) is 11.3 Å². The number of carbonyl (C=O) groups is 1. The number of rotatable bonds is 7. The van der Waals surface area contributed by atoms with Crippen LogP contribution in [0.25, 0.3) is 27.3 Å². The number of aromatic nitrogens is 3. The Labute approximate surface area is 186 Å². The van der Waals surface area contributed by atoms with E-state index in [2.05, 4.69) is 10.3 Å². The Bertz CT molecular complexity index is 1400.